The lowest BCUT2D eigenvalue weighted by atomic mass is 10.1. The molecule has 1 aromatic carbocycles. The van der Waals surface area contributed by atoms with Crippen molar-refractivity contribution in [1.29, 1.82) is 0 Å². The summed E-state index contributed by atoms with van der Waals surface area (Å²) in [6.07, 6.45) is 1.04. The van der Waals surface area contributed by atoms with E-state index < -0.39 is 0 Å². The predicted octanol–water partition coefficient (Wildman–Crippen LogP) is 2.55. The van der Waals surface area contributed by atoms with E-state index in [4.69, 9.17) is 5.11 Å². The molecule has 2 rings (SSSR count). The number of carbonyl (C=O) groups is 1. The fourth-order valence-electron chi connectivity index (χ4n) is 2.22. The lowest BCUT2D eigenvalue weighted by Crippen LogP contribution is -2.30. The van der Waals surface area contributed by atoms with Crippen molar-refractivity contribution < 1.29 is 9.90 Å². The zero-order valence-electron chi connectivity index (χ0n) is 11.7. The molecule has 3 nitrogen and oxygen atoms in total. The molecule has 1 amide bonds. The van der Waals surface area contributed by atoms with Crippen molar-refractivity contribution in [2.45, 2.75) is 18.7 Å². The van der Waals surface area contributed by atoms with Crippen LogP contribution in [0.1, 0.15) is 23.4 Å². The van der Waals surface area contributed by atoms with Crippen LogP contribution in [0.25, 0.3) is 0 Å². The van der Waals surface area contributed by atoms with Crippen LogP contribution in [0.15, 0.2) is 24.3 Å². The first kappa shape index (κ1) is 15.7. The molecular formula is C15H21NO2S2. The number of carbonyl (C=O) groups excluding carboxylic acids is 1. The second-order valence-electron chi connectivity index (χ2n) is 4.68. The van der Waals surface area contributed by atoms with Gasteiger partial charge in [0.2, 0.25) is 5.91 Å². The monoisotopic (exact) mass is 311 g/mol. The molecule has 5 heteroatoms. The first-order valence-electron chi connectivity index (χ1n) is 6.94. The van der Waals surface area contributed by atoms with Gasteiger partial charge in [0.1, 0.15) is 5.37 Å². The maximum Gasteiger partial charge on any atom is 0.233 e. The normalized spacial score (nSPS) is 18.8. The molecule has 0 radical (unpaired) electrons. The Kier molecular flexibility index (Phi) is 6.26. The summed E-state index contributed by atoms with van der Waals surface area (Å²) >= 11 is 3.40. The molecule has 1 heterocycles. The van der Waals surface area contributed by atoms with Crippen LogP contribution in [0.2, 0.25) is 0 Å². The number of aliphatic hydroxyl groups is 1. The van der Waals surface area contributed by atoms with E-state index in [9.17, 15) is 4.79 Å². The number of benzene rings is 1. The number of rotatable bonds is 7. The highest BCUT2D eigenvalue weighted by Crippen LogP contribution is 2.38. The van der Waals surface area contributed by atoms with Crippen LogP contribution in [-0.2, 0) is 11.2 Å². The molecule has 110 valence electrons. The van der Waals surface area contributed by atoms with Crippen molar-refractivity contribution >= 4 is 29.4 Å². The molecule has 1 N–H and O–H groups in total. The number of aliphatic hydroxyl groups excluding tert-OH is 1. The Bertz CT molecular complexity index is 436. The van der Waals surface area contributed by atoms with Gasteiger partial charge >= 0.3 is 0 Å². The van der Waals surface area contributed by atoms with Gasteiger partial charge in [-0.15, -0.1) is 11.8 Å². The van der Waals surface area contributed by atoms with Gasteiger partial charge in [-0.05, 0) is 17.5 Å². The van der Waals surface area contributed by atoms with Crippen LogP contribution in [0.5, 0.6) is 0 Å². The van der Waals surface area contributed by atoms with Crippen molar-refractivity contribution in [2.75, 3.05) is 30.4 Å². The van der Waals surface area contributed by atoms with Crippen LogP contribution < -0.4 is 0 Å². The van der Waals surface area contributed by atoms with Crippen molar-refractivity contribution in [3.63, 3.8) is 0 Å². The van der Waals surface area contributed by atoms with Gasteiger partial charge < -0.3 is 10.0 Å². The van der Waals surface area contributed by atoms with E-state index >= 15 is 0 Å². The minimum atomic E-state index is 0.156. The van der Waals surface area contributed by atoms with E-state index in [2.05, 4.69) is 31.2 Å². The van der Waals surface area contributed by atoms with Crippen LogP contribution >= 0.6 is 23.5 Å². The molecule has 20 heavy (non-hydrogen) atoms. The highest BCUT2D eigenvalue weighted by Gasteiger charge is 2.32. The van der Waals surface area contributed by atoms with Crippen LogP contribution in [-0.4, -0.2) is 46.3 Å². The standard InChI is InChI=1S/C15H21NO2S2/c1-2-12-3-5-13(6-4-12)15-16(14(18)11-20-15)7-9-19-10-8-17/h3-6,15,17H,2,7-11H2,1H3. The summed E-state index contributed by atoms with van der Waals surface area (Å²) in [6.45, 7) is 3.11. The highest BCUT2D eigenvalue weighted by atomic mass is 32.2. The minimum absolute atomic E-state index is 0.156. The molecule has 1 atom stereocenters. The van der Waals surface area contributed by atoms with Crippen LogP contribution in [0, 0.1) is 0 Å². The molecule has 1 aromatic rings. The lowest BCUT2D eigenvalue weighted by molar-refractivity contribution is -0.127. The van der Waals surface area contributed by atoms with Gasteiger partial charge in [-0.2, -0.15) is 11.8 Å². The Morgan fingerprint density at radius 2 is 2.10 bits per heavy atom. The van der Waals surface area contributed by atoms with Gasteiger partial charge in [0.15, 0.2) is 0 Å². The Morgan fingerprint density at radius 1 is 1.35 bits per heavy atom. The molecule has 1 fully saturated rings. The third-order valence-corrected chi connectivity index (χ3v) is 5.55. The first-order chi connectivity index (χ1) is 9.76. The molecule has 0 aliphatic carbocycles. The molecule has 1 saturated heterocycles. The molecule has 1 aliphatic heterocycles. The number of aryl methyl sites for hydroxylation is 1. The van der Waals surface area contributed by atoms with Gasteiger partial charge in [0, 0.05) is 18.1 Å². The number of hydrogen-bond acceptors (Lipinski definition) is 4. The van der Waals surface area contributed by atoms with Crippen LogP contribution in [0.4, 0.5) is 0 Å². The summed E-state index contributed by atoms with van der Waals surface area (Å²) in [7, 11) is 0. The molecule has 0 bridgehead atoms. The molecular weight excluding hydrogens is 290 g/mol. The largest absolute Gasteiger partial charge is 0.396 e. The van der Waals surface area contributed by atoms with E-state index in [1.54, 1.807) is 23.5 Å². The lowest BCUT2D eigenvalue weighted by Gasteiger charge is -2.24. The molecule has 0 aromatic heterocycles. The van der Waals surface area contributed by atoms with Crippen LogP contribution in [0.3, 0.4) is 0 Å². The smallest absolute Gasteiger partial charge is 0.233 e. The maximum atomic E-state index is 12.0. The topological polar surface area (TPSA) is 40.5 Å². The second-order valence-corrected chi connectivity index (χ2v) is 6.97. The van der Waals surface area contributed by atoms with Gasteiger partial charge in [-0.1, -0.05) is 31.2 Å². The Morgan fingerprint density at radius 3 is 2.75 bits per heavy atom. The summed E-state index contributed by atoms with van der Waals surface area (Å²) in [5.74, 6) is 2.43. The SMILES string of the molecule is CCc1ccc(C2SCC(=O)N2CCSCCO)cc1. The van der Waals surface area contributed by atoms with Crippen molar-refractivity contribution in [3.8, 4) is 0 Å². The average molecular weight is 311 g/mol. The van der Waals surface area contributed by atoms with Gasteiger partial charge in [-0.25, -0.2) is 0 Å². The summed E-state index contributed by atoms with van der Waals surface area (Å²) in [4.78, 5) is 14.0. The quantitative estimate of drug-likeness (QED) is 0.786. The van der Waals surface area contributed by atoms with Gasteiger partial charge in [0.05, 0.1) is 12.4 Å². The molecule has 0 saturated carbocycles. The van der Waals surface area contributed by atoms with Crippen molar-refractivity contribution in [2.24, 2.45) is 0 Å². The van der Waals surface area contributed by atoms with Crippen molar-refractivity contribution in [3.05, 3.63) is 35.4 Å². The average Bonchev–Trinajstić information content (AvgIpc) is 2.85. The fraction of sp³-hybridized carbons (Fsp3) is 0.533. The number of nitrogens with zero attached hydrogens (tertiary/aromatic N) is 1. The third-order valence-electron chi connectivity index (χ3n) is 3.35. The molecule has 1 aliphatic rings. The number of thioether (sulfide) groups is 2. The minimum Gasteiger partial charge on any atom is -0.396 e. The third kappa shape index (κ3) is 3.93. The van der Waals surface area contributed by atoms with E-state index in [0.717, 1.165) is 24.5 Å². The Hall–Kier alpha value is -0.650. The van der Waals surface area contributed by atoms with Gasteiger partial charge in [-0.3, -0.25) is 4.79 Å². The number of amides is 1. The summed E-state index contributed by atoms with van der Waals surface area (Å²) in [5.41, 5.74) is 2.54. The predicted molar refractivity (Wildman–Crippen MR) is 87.1 cm³/mol. The summed E-state index contributed by atoms with van der Waals surface area (Å²) in [6, 6.07) is 8.58. The van der Waals surface area contributed by atoms with E-state index in [-0.39, 0.29) is 17.9 Å². The number of hydrogen-bond donors (Lipinski definition) is 1. The Labute approximate surface area is 129 Å². The second kappa shape index (κ2) is 7.96. The zero-order valence-corrected chi connectivity index (χ0v) is 13.4. The van der Waals surface area contributed by atoms with Crippen molar-refractivity contribution in [1.82, 2.24) is 4.90 Å². The first-order valence-corrected chi connectivity index (χ1v) is 9.15. The van der Waals surface area contributed by atoms with E-state index in [1.165, 1.54) is 11.1 Å². The Balaban J connectivity index is 1.99. The summed E-state index contributed by atoms with van der Waals surface area (Å²) < 4.78 is 0. The molecule has 1 unspecified atom stereocenters. The van der Waals surface area contributed by atoms with Gasteiger partial charge in [0.25, 0.3) is 0 Å². The molecule has 0 spiro atoms. The fourth-order valence-corrected chi connectivity index (χ4v) is 4.10. The summed E-state index contributed by atoms with van der Waals surface area (Å²) in [5, 5.41) is 8.94. The highest BCUT2D eigenvalue weighted by molar-refractivity contribution is 8.00. The zero-order chi connectivity index (χ0) is 14.4. The maximum absolute atomic E-state index is 12.0. The van der Waals surface area contributed by atoms with E-state index in [0.29, 0.717) is 5.75 Å². The van der Waals surface area contributed by atoms with E-state index in [1.807, 2.05) is 4.90 Å².